The molecule has 1 heterocycles. The highest BCUT2D eigenvalue weighted by atomic mass is 16.6. The van der Waals surface area contributed by atoms with E-state index in [1.165, 1.54) is 11.9 Å². The van der Waals surface area contributed by atoms with Crippen molar-refractivity contribution in [3.8, 4) is 0 Å². The normalized spacial score (nSPS) is 17.8. The maximum Gasteiger partial charge on any atom is 0.418 e. The van der Waals surface area contributed by atoms with Crippen molar-refractivity contribution in [3.05, 3.63) is 35.9 Å². The van der Waals surface area contributed by atoms with Crippen molar-refractivity contribution in [2.75, 3.05) is 13.6 Å². The molecule has 0 bridgehead atoms. The molecule has 1 aliphatic rings. The zero-order valence-corrected chi connectivity index (χ0v) is 14.3. The van der Waals surface area contributed by atoms with Gasteiger partial charge < -0.3 is 14.4 Å². The molecule has 1 fully saturated rings. The van der Waals surface area contributed by atoms with E-state index in [9.17, 15) is 14.4 Å². The Hall–Kier alpha value is -2.57. The van der Waals surface area contributed by atoms with E-state index < -0.39 is 29.7 Å². The highest BCUT2D eigenvalue weighted by molar-refractivity contribution is 5.96. The zero-order valence-electron chi connectivity index (χ0n) is 14.3. The van der Waals surface area contributed by atoms with Gasteiger partial charge in [-0.3, -0.25) is 0 Å². The summed E-state index contributed by atoms with van der Waals surface area (Å²) >= 11 is 0. The number of benzene rings is 1. The van der Waals surface area contributed by atoms with Crippen molar-refractivity contribution in [1.29, 1.82) is 0 Å². The highest BCUT2D eigenvalue weighted by Gasteiger charge is 2.44. The molecule has 3 amide bonds. The average Bonchev–Trinajstić information content (AvgIpc) is 2.80. The Kier molecular flexibility index (Phi) is 5.11. The van der Waals surface area contributed by atoms with E-state index in [1.54, 1.807) is 20.8 Å². The minimum atomic E-state index is -0.832. The number of hydrogen-bond donors (Lipinski definition) is 0. The fourth-order valence-corrected chi connectivity index (χ4v) is 2.25. The molecule has 2 rings (SSSR count). The number of amides is 3. The number of rotatable bonds is 3. The fourth-order valence-electron chi connectivity index (χ4n) is 2.25. The summed E-state index contributed by atoms with van der Waals surface area (Å²) in [5.74, 6) is -0.545. The second kappa shape index (κ2) is 6.90. The van der Waals surface area contributed by atoms with E-state index in [0.717, 1.165) is 10.5 Å². The van der Waals surface area contributed by atoms with Crippen molar-refractivity contribution in [2.24, 2.45) is 0 Å². The van der Waals surface area contributed by atoms with Gasteiger partial charge in [-0.1, -0.05) is 30.3 Å². The third-order valence-electron chi connectivity index (χ3n) is 3.46. The van der Waals surface area contributed by atoms with Gasteiger partial charge in [0.05, 0.1) is 6.54 Å². The number of hydrogen-bond acceptors (Lipinski definition) is 5. The van der Waals surface area contributed by atoms with Crippen LogP contribution in [0.5, 0.6) is 0 Å². The summed E-state index contributed by atoms with van der Waals surface area (Å²) in [6.07, 6.45) is -0.776. The Balaban J connectivity index is 1.97. The van der Waals surface area contributed by atoms with Gasteiger partial charge in [0.25, 0.3) is 0 Å². The largest absolute Gasteiger partial charge is 0.458 e. The molecule has 1 aromatic rings. The van der Waals surface area contributed by atoms with E-state index in [-0.39, 0.29) is 13.2 Å². The SMILES string of the molecule is CN1C(=O)N(C(=O)OCc2ccccc2)C[C@@H]1C(=O)OC(C)(C)C. The first kappa shape index (κ1) is 17.8. The van der Waals surface area contributed by atoms with Gasteiger partial charge in [0.2, 0.25) is 0 Å². The lowest BCUT2D eigenvalue weighted by Gasteiger charge is -2.24. The number of esters is 1. The smallest absolute Gasteiger partial charge is 0.418 e. The molecule has 0 unspecified atom stereocenters. The fraction of sp³-hybridized carbons (Fsp3) is 0.471. The lowest BCUT2D eigenvalue weighted by atomic mass is 10.2. The summed E-state index contributed by atoms with van der Waals surface area (Å²) in [6.45, 7) is 5.21. The van der Waals surface area contributed by atoms with Crippen LogP contribution in [0.3, 0.4) is 0 Å². The number of nitrogens with zero attached hydrogens (tertiary/aromatic N) is 2. The van der Waals surface area contributed by atoms with Gasteiger partial charge in [-0.15, -0.1) is 0 Å². The molecule has 7 heteroatoms. The van der Waals surface area contributed by atoms with Crippen molar-refractivity contribution < 1.29 is 23.9 Å². The summed E-state index contributed by atoms with van der Waals surface area (Å²) in [7, 11) is 1.46. The van der Waals surface area contributed by atoms with Gasteiger partial charge in [0.1, 0.15) is 18.2 Å². The molecule has 130 valence electrons. The number of carbonyl (C=O) groups excluding carboxylic acids is 3. The number of imide groups is 1. The van der Waals surface area contributed by atoms with Crippen LogP contribution >= 0.6 is 0 Å². The zero-order chi connectivity index (χ0) is 17.9. The van der Waals surface area contributed by atoms with E-state index in [1.807, 2.05) is 30.3 Å². The third kappa shape index (κ3) is 4.24. The van der Waals surface area contributed by atoms with Gasteiger partial charge in [-0.25, -0.2) is 19.3 Å². The minimum absolute atomic E-state index is 0.0598. The number of likely N-dealkylation sites (N-methyl/N-ethyl adjacent to an activating group) is 1. The number of ether oxygens (including phenoxy) is 2. The van der Waals surface area contributed by atoms with Crippen LogP contribution in [-0.4, -0.2) is 53.1 Å². The van der Waals surface area contributed by atoms with Crippen molar-refractivity contribution in [3.63, 3.8) is 0 Å². The lowest BCUT2D eigenvalue weighted by Crippen LogP contribution is -2.40. The van der Waals surface area contributed by atoms with Gasteiger partial charge >= 0.3 is 18.1 Å². The monoisotopic (exact) mass is 334 g/mol. The molecule has 1 saturated heterocycles. The van der Waals surface area contributed by atoms with E-state index in [2.05, 4.69) is 0 Å². The number of carbonyl (C=O) groups is 3. The molecular formula is C17H22N2O5. The van der Waals surface area contributed by atoms with Crippen LogP contribution in [0, 0.1) is 0 Å². The van der Waals surface area contributed by atoms with Crippen LogP contribution in [0.1, 0.15) is 26.3 Å². The molecule has 1 aliphatic heterocycles. The number of urea groups is 1. The third-order valence-corrected chi connectivity index (χ3v) is 3.46. The molecule has 0 radical (unpaired) electrons. The molecule has 1 atom stereocenters. The standard InChI is InChI=1S/C17H22N2O5/c1-17(2,3)24-14(20)13-10-19(15(21)18(13)4)16(22)23-11-12-8-6-5-7-9-12/h5-9,13H,10-11H2,1-4H3/t13-/m1/s1. The maximum absolute atomic E-state index is 12.2. The van der Waals surface area contributed by atoms with Crippen LogP contribution in [0.4, 0.5) is 9.59 Å². The summed E-state index contributed by atoms with van der Waals surface area (Å²) in [5, 5.41) is 0. The first-order valence-corrected chi connectivity index (χ1v) is 7.67. The lowest BCUT2D eigenvalue weighted by molar-refractivity contribution is -0.158. The topological polar surface area (TPSA) is 76.2 Å². The van der Waals surface area contributed by atoms with Crippen LogP contribution in [0.15, 0.2) is 30.3 Å². The van der Waals surface area contributed by atoms with E-state index in [0.29, 0.717) is 0 Å². The van der Waals surface area contributed by atoms with Gasteiger partial charge in [-0.05, 0) is 26.3 Å². The molecular weight excluding hydrogens is 312 g/mol. The Morgan fingerprint density at radius 3 is 2.42 bits per heavy atom. The Morgan fingerprint density at radius 1 is 1.21 bits per heavy atom. The first-order valence-electron chi connectivity index (χ1n) is 7.67. The predicted octanol–water partition coefficient (Wildman–Crippen LogP) is 2.40. The van der Waals surface area contributed by atoms with Crippen LogP contribution in [0.25, 0.3) is 0 Å². The van der Waals surface area contributed by atoms with Crippen molar-refractivity contribution >= 4 is 18.1 Å². The van der Waals surface area contributed by atoms with Crippen LogP contribution in [-0.2, 0) is 20.9 Å². The van der Waals surface area contributed by atoms with E-state index in [4.69, 9.17) is 9.47 Å². The molecule has 0 spiro atoms. The molecule has 24 heavy (non-hydrogen) atoms. The molecule has 0 aromatic heterocycles. The second-order valence-electron chi connectivity index (χ2n) is 6.59. The first-order chi connectivity index (χ1) is 11.2. The van der Waals surface area contributed by atoms with Crippen LogP contribution in [0.2, 0.25) is 0 Å². The van der Waals surface area contributed by atoms with Crippen molar-refractivity contribution in [1.82, 2.24) is 9.80 Å². The summed E-state index contributed by atoms with van der Waals surface area (Å²) in [6, 6.07) is 7.73. The summed E-state index contributed by atoms with van der Waals surface area (Å²) < 4.78 is 10.4. The predicted molar refractivity (Wildman–Crippen MR) is 86.1 cm³/mol. The molecule has 0 aliphatic carbocycles. The maximum atomic E-state index is 12.2. The molecule has 1 aromatic carbocycles. The van der Waals surface area contributed by atoms with Gasteiger partial charge in [0.15, 0.2) is 0 Å². The Morgan fingerprint density at radius 2 is 1.83 bits per heavy atom. The summed E-state index contributed by atoms with van der Waals surface area (Å²) in [5.41, 5.74) is 0.150. The average molecular weight is 334 g/mol. The molecule has 0 N–H and O–H groups in total. The second-order valence-corrected chi connectivity index (χ2v) is 6.59. The van der Waals surface area contributed by atoms with Crippen molar-refractivity contribution in [2.45, 2.75) is 39.0 Å². The van der Waals surface area contributed by atoms with E-state index >= 15 is 0 Å². The van der Waals surface area contributed by atoms with Crippen LogP contribution < -0.4 is 0 Å². The van der Waals surface area contributed by atoms with Gasteiger partial charge in [-0.2, -0.15) is 0 Å². The highest BCUT2D eigenvalue weighted by Crippen LogP contribution is 2.19. The summed E-state index contributed by atoms with van der Waals surface area (Å²) in [4.78, 5) is 38.6. The van der Waals surface area contributed by atoms with Gasteiger partial charge in [0, 0.05) is 7.05 Å². The molecule has 0 saturated carbocycles. The molecule has 7 nitrogen and oxygen atoms in total. The Labute approximate surface area is 141 Å². The quantitative estimate of drug-likeness (QED) is 0.793. The minimum Gasteiger partial charge on any atom is -0.458 e. The Bertz CT molecular complexity index is 624.